The summed E-state index contributed by atoms with van der Waals surface area (Å²) in [5, 5.41) is 2.91. The molecule has 0 bridgehead atoms. The second kappa shape index (κ2) is 10.1. The van der Waals surface area contributed by atoms with E-state index in [0.29, 0.717) is 12.8 Å². The molecular formula is C13H21ClN2OS. The third-order valence-corrected chi connectivity index (χ3v) is 3.22. The highest BCUT2D eigenvalue weighted by atomic mass is 35.5. The number of benzene rings is 1. The number of para-hydroxylation sites is 1. The first-order chi connectivity index (χ1) is 8.24. The number of amides is 1. The number of nitrogens with one attached hydrogen (secondary N) is 1. The molecule has 0 unspecified atom stereocenters. The van der Waals surface area contributed by atoms with Crippen LogP contribution in [-0.2, 0) is 11.2 Å². The minimum absolute atomic E-state index is 0. The molecule has 0 aromatic heterocycles. The zero-order valence-electron chi connectivity index (χ0n) is 10.6. The van der Waals surface area contributed by atoms with E-state index in [1.54, 1.807) is 11.8 Å². The molecule has 0 aliphatic carbocycles. The number of thioether (sulfide) groups is 1. The highest BCUT2D eigenvalue weighted by Gasteiger charge is 2.03. The number of nitrogens with two attached hydrogens (primary N) is 1. The monoisotopic (exact) mass is 288 g/mol. The van der Waals surface area contributed by atoms with Gasteiger partial charge < -0.3 is 11.1 Å². The lowest BCUT2D eigenvalue weighted by atomic mass is 10.1. The van der Waals surface area contributed by atoms with E-state index >= 15 is 0 Å². The van der Waals surface area contributed by atoms with Crippen LogP contribution in [0.4, 0.5) is 5.69 Å². The van der Waals surface area contributed by atoms with Crippen molar-refractivity contribution < 1.29 is 4.79 Å². The molecule has 0 aliphatic rings. The number of rotatable bonds is 7. The fraction of sp³-hybridized carbons (Fsp3) is 0.462. The van der Waals surface area contributed by atoms with E-state index < -0.39 is 0 Å². The molecule has 18 heavy (non-hydrogen) atoms. The molecule has 3 nitrogen and oxygen atoms in total. The van der Waals surface area contributed by atoms with Crippen LogP contribution in [0.1, 0.15) is 18.4 Å². The number of hydrogen-bond donors (Lipinski definition) is 2. The number of aryl methyl sites for hydroxylation is 1. The Bertz CT molecular complexity index is 361. The summed E-state index contributed by atoms with van der Waals surface area (Å²) in [7, 11) is 0. The first kappa shape index (κ1) is 17.1. The predicted octanol–water partition coefficient (Wildman–Crippen LogP) is 2.49. The fourth-order valence-corrected chi connectivity index (χ4v) is 1.98. The van der Waals surface area contributed by atoms with Crippen molar-refractivity contribution in [1.82, 2.24) is 5.32 Å². The number of carbonyl (C=O) groups excluding carboxylic acids is 1. The molecule has 1 aromatic carbocycles. The van der Waals surface area contributed by atoms with E-state index in [1.807, 2.05) is 24.3 Å². The Morgan fingerprint density at radius 1 is 1.39 bits per heavy atom. The highest BCUT2D eigenvalue weighted by molar-refractivity contribution is 7.98. The van der Waals surface area contributed by atoms with Gasteiger partial charge in [-0.3, -0.25) is 4.79 Å². The topological polar surface area (TPSA) is 55.1 Å². The van der Waals surface area contributed by atoms with Crippen LogP contribution in [-0.4, -0.2) is 24.5 Å². The number of halogens is 1. The first-order valence-electron chi connectivity index (χ1n) is 5.83. The van der Waals surface area contributed by atoms with E-state index in [-0.39, 0.29) is 18.3 Å². The third-order valence-electron chi connectivity index (χ3n) is 2.52. The van der Waals surface area contributed by atoms with E-state index in [1.165, 1.54) is 0 Å². The van der Waals surface area contributed by atoms with E-state index in [9.17, 15) is 4.79 Å². The number of anilines is 1. The number of carbonyl (C=O) groups is 1. The van der Waals surface area contributed by atoms with Crippen LogP contribution in [0.3, 0.4) is 0 Å². The molecule has 3 N–H and O–H groups in total. The van der Waals surface area contributed by atoms with Crippen LogP contribution in [0, 0.1) is 0 Å². The van der Waals surface area contributed by atoms with Crippen molar-refractivity contribution in [3.8, 4) is 0 Å². The van der Waals surface area contributed by atoms with Crippen molar-refractivity contribution in [2.24, 2.45) is 0 Å². The van der Waals surface area contributed by atoms with Crippen molar-refractivity contribution >= 4 is 35.8 Å². The van der Waals surface area contributed by atoms with Gasteiger partial charge in [-0.1, -0.05) is 18.2 Å². The van der Waals surface area contributed by atoms with Crippen molar-refractivity contribution in [3.63, 3.8) is 0 Å². The standard InChI is InChI=1S/C13H20N2OS.ClH/c1-17-10-4-9-15-13(16)8-7-11-5-2-3-6-12(11)14;/h2-3,5-6H,4,7-10,14H2,1H3,(H,15,16);1H. The summed E-state index contributed by atoms with van der Waals surface area (Å²) in [5.41, 5.74) is 7.63. The Morgan fingerprint density at radius 3 is 2.78 bits per heavy atom. The second-order valence-corrected chi connectivity index (χ2v) is 4.88. The van der Waals surface area contributed by atoms with Crippen LogP contribution in [0.15, 0.2) is 24.3 Å². The van der Waals surface area contributed by atoms with Crippen LogP contribution >= 0.6 is 24.2 Å². The van der Waals surface area contributed by atoms with Crippen LogP contribution in [0.2, 0.25) is 0 Å². The molecule has 0 saturated carbocycles. The minimum Gasteiger partial charge on any atom is -0.399 e. The Hall–Kier alpha value is -0.870. The van der Waals surface area contributed by atoms with Crippen LogP contribution in [0.5, 0.6) is 0 Å². The third kappa shape index (κ3) is 6.77. The average molecular weight is 289 g/mol. The fourth-order valence-electron chi connectivity index (χ4n) is 1.54. The summed E-state index contributed by atoms with van der Waals surface area (Å²) in [5.74, 6) is 1.20. The summed E-state index contributed by atoms with van der Waals surface area (Å²) in [4.78, 5) is 11.5. The predicted molar refractivity (Wildman–Crippen MR) is 82.4 cm³/mol. The van der Waals surface area contributed by atoms with Gasteiger partial charge in [0, 0.05) is 18.7 Å². The molecule has 0 aliphatic heterocycles. The summed E-state index contributed by atoms with van der Waals surface area (Å²) in [6, 6.07) is 7.69. The molecule has 0 spiro atoms. The maximum absolute atomic E-state index is 11.5. The molecule has 0 saturated heterocycles. The van der Waals surface area contributed by atoms with Crippen molar-refractivity contribution in [2.45, 2.75) is 19.3 Å². The van der Waals surface area contributed by atoms with Gasteiger partial charge in [-0.15, -0.1) is 12.4 Å². The largest absolute Gasteiger partial charge is 0.399 e. The molecular weight excluding hydrogens is 268 g/mol. The highest BCUT2D eigenvalue weighted by Crippen LogP contribution is 2.12. The lowest BCUT2D eigenvalue weighted by Crippen LogP contribution is -2.25. The van der Waals surface area contributed by atoms with E-state index in [0.717, 1.165) is 30.0 Å². The maximum Gasteiger partial charge on any atom is 0.220 e. The quantitative estimate of drug-likeness (QED) is 0.599. The Balaban J connectivity index is 0.00000289. The van der Waals surface area contributed by atoms with Gasteiger partial charge in [0.05, 0.1) is 0 Å². The Morgan fingerprint density at radius 2 is 2.11 bits per heavy atom. The van der Waals surface area contributed by atoms with Crippen molar-refractivity contribution in [3.05, 3.63) is 29.8 Å². The molecule has 0 atom stereocenters. The van der Waals surface area contributed by atoms with Crippen molar-refractivity contribution in [1.29, 1.82) is 0 Å². The summed E-state index contributed by atoms with van der Waals surface area (Å²) in [6.07, 6.45) is 4.31. The summed E-state index contributed by atoms with van der Waals surface area (Å²) in [6.45, 7) is 0.768. The van der Waals surface area contributed by atoms with E-state index in [4.69, 9.17) is 5.73 Å². The smallest absolute Gasteiger partial charge is 0.220 e. The number of nitrogen functional groups attached to an aromatic ring is 1. The SMILES string of the molecule is CSCCCNC(=O)CCc1ccccc1N.Cl. The molecule has 0 heterocycles. The minimum atomic E-state index is 0. The molecule has 102 valence electrons. The molecule has 0 radical (unpaired) electrons. The van der Waals surface area contributed by atoms with Gasteiger partial charge in [-0.25, -0.2) is 0 Å². The van der Waals surface area contributed by atoms with Gasteiger partial charge >= 0.3 is 0 Å². The molecule has 1 rings (SSSR count). The zero-order chi connectivity index (χ0) is 12.5. The van der Waals surface area contributed by atoms with Gasteiger partial charge in [0.25, 0.3) is 0 Å². The lowest BCUT2D eigenvalue weighted by molar-refractivity contribution is -0.121. The maximum atomic E-state index is 11.5. The zero-order valence-corrected chi connectivity index (χ0v) is 12.3. The number of hydrogen-bond acceptors (Lipinski definition) is 3. The van der Waals surface area contributed by atoms with Gasteiger partial charge in [0.1, 0.15) is 0 Å². The van der Waals surface area contributed by atoms with Crippen LogP contribution in [0.25, 0.3) is 0 Å². The molecule has 0 fully saturated rings. The van der Waals surface area contributed by atoms with Crippen LogP contribution < -0.4 is 11.1 Å². The van der Waals surface area contributed by atoms with E-state index in [2.05, 4.69) is 11.6 Å². The summed E-state index contributed by atoms with van der Waals surface area (Å²) < 4.78 is 0. The molecule has 5 heteroatoms. The van der Waals surface area contributed by atoms with Gasteiger partial charge in [0.2, 0.25) is 5.91 Å². The van der Waals surface area contributed by atoms with Gasteiger partial charge in [-0.05, 0) is 36.5 Å². The summed E-state index contributed by atoms with van der Waals surface area (Å²) >= 11 is 1.80. The second-order valence-electron chi connectivity index (χ2n) is 3.90. The first-order valence-corrected chi connectivity index (χ1v) is 7.22. The van der Waals surface area contributed by atoms with Gasteiger partial charge in [-0.2, -0.15) is 11.8 Å². The van der Waals surface area contributed by atoms with Gasteiger partial charge in [0.15, 0.2) is 0 Å². The Labute approximate surface area is 119 Å². The normalized spacial score (nSPS) is 9.61. The Kier molecular flexibility index (Phi) is 9.60. The molecule has 1 amide bonds. The molecule has 1 aromatic rings. The van der Waals surface area contributed by atoms with Crippen molar-refractivity contribution in [2.75, 3.05) is 24.3 Å². The lowest BCUT2D eigenvalue weighted by Gasteiger charge is -2.06. The average Bonchev–Trinajstić information content (AvgIpc) is 2.34.